The van der Waals surface area contributed by atoms with Gasteiger partial charge in [-0.05, 0) is 42.7 Å². The number of benzene rings is 2. The molecule has 33 heavy (non-hydrogen) atoms. The third kappa shape index (κ3) is 5.53. The van der Waals surface area contributed by atoms with Gasteiger partial charge in [0, 0.05) is 44.3 Å². The summed E-state index contributed by atoms with van der Waals surface area (Å²) in [6.07, 6.45) is 0.982. The van der Waals surface area contributed by atoms with Crippen LogP contribution in [0.25, 0.3) is 0 Å². The van der Waals surface area contributed by atoms with Crippen molar-refractivity contribution >= 4 is 5.97 Å². The average Bonchev–Trinajstić information content (AvgIpc) is 3.24. The van der Waals surface area contributed by atoms with E-state index in [1.807, 2.05) is 37.3 Å². The smallest absolute Gasteiger partial charge is 0.338 e. The van der Waals surface area contributed by atoms with Crippen LogP contribution in [0, 0.1) is 18.3 Å². The Hall–Kier alpha value is -2.92. The zero-order valence-corrected chi connectivity index (χ0v) is 19.4. The van der Waals surface area contributed by atoms with Gasteiger partial charge in [0.25, 0.3) is 0 Å². The summed E-state index contributed by atoms with van der Waals surface area (Å²) in [5.41, 5.74) is 4.72. The highest BCUT2D eigenvalue weighted by Crippen LogP contribution is 2.22. The Kier molecular flexibility index (Phi) is 7.61. The molecule has 1 atom stereocenters. The molecule has 0 aliphatic carbocycles. The molecule has 0 aromatic heterocycles. The van der Waals surface area contributed by atoms with E-state index in [2.05, 4.69) is 15.9 Å². The molecule has 2 aromatic rings. The van der Waals surface area contributed by atoms with E-state index in [0.29, 0.717) is 24.0 Å². The molecule has 7 nitrogen and oxygen atoms in total. The van der Waals surface area contributed by atoms with E-state index >= 15 is 0 Å². The lowest BCUT2D eigenvalue weighted by Crippen LogP contribution is -2.58. The molecule has 3 aliphatic rings. The van der Waals surface area contributed by atoms with Gasteiger partial charge in [-0.3, -0.25) is 4.90 Å². The summed E-state index contributed by atoms with van der Waals surface area (Å²) in [5, 5.41) is 9.03. The second-order valence-corrected chi connectivity index (χ2v) is 8.64. The molecule has 0 saturated carbocycles. The monoisotopic (exact) mass is 449 g/mol. The van der Waals surface area contributed by atoms with E-state index < -0.39 is 0 Å². The fourth-order valence-electron chi connectivity index (χ4n) is 4.59. The zero-order valence-electron chi connectivity index (χ0n) is 19.4. The maximum atomic E-state index is 11.0. The highest BCUT2D eigenvalue weighted by atomic mass is 16.5. The van der Waals surface area contributed by atoms with Crippen molar-refractivity contribution in [3.8, 4) is 11.8 Å². The van der Waals surface area contributed by atoms with Crippen molar-refractivity contribution in [1.82, 2.24) is 9.80 Å². The van der Waals surface area contributed by atoms with Crippen molar-refractivity contribution in [3.05, 3.63) is 64.2 Å². The number of hydrogen-bond donors (Lipinski definition) is 0. The van der Waals surface area contributed by atoms with Gasteiger partial charge < -0.3 is 19.1 Å². The van der Waals surface area contributed by atoms with E-state index in [1.165, 1.54) is 5.56 Å². The summed E-state index contributed by atoms with van der Waals surface area (Å²) in [4.78, 5) is 16.1. The number of carbonyl (C=O) groups is 1. The van der Waals surface area contributed by atoms with E-state index in [9.17, 15) is 4.79 Å². The Morgan fingerprint density at radius 3 is 2.88 bits per heavy atom. The molecule has 0 bridgehead atoms. The summed E-state index contributed by atoms with van der Waals surface area (Å²) >= 11 is 0. The number of rotatable bonds is 4. The first kappa shape index (κ1) is 23.2. The Morgan fingerprint density at radius 2 is 2.09 bits per heavy atom. The molecule has 3 aliphatic heterocycles. The topological polar surface area (TPSA) is 75.0 Å². The minimum absolute atomic E-state index is 0.191. The molecule has 0 spiro atoms. The van der Waals surface area contributed by atoms with Gasteiger partial charge in [-0.1, -0.05) is 18.2 Å². The third-order valence-corrected chi connectivity index (χ3v) is 6.60. The van der Waals surface area contributed by atoms with Crippen LogP contribution < -0.4 is 4.74 Å². The normalized spacial score (nSPS) is 20.0. The maximum Gasteiger partial charge on any atom is 0.338 e. The summed E-state index contributed by atoms with van der Waals surface area (Å²) in [7, 11) is 1.61. The molecule has 0 radical (unpaired) electrons. The van der Waals surface area contributed by atoms with E-state index in [1.54, 1.807) is 13.2 Å². The van der Waals surface area contributed by atoms with Crippen LogP contribution in [-0.2, 0) is 22.5 Å². The molecule has 2 aromatic carbocycles. The Labute approximate surface area is 195 Å². The first-order valence-corrected chi connectivity index (χ1v) is 11.5. The van der Waals surface area contributed by atoms with Gasteiger partial charge in [0.15, 0.2) is 0 Å². The van der Waals surface area contributed by atoms with Crippen LogP contribution in [-0.4, -0.2) is 74.9 Å². The second kappa shape index (κ2) is 10.8. The molecule has 7 heteroatoms. The largest absolute Gasteiger partial charge is 0.495 e. The standard InChI is InChI=1S/C17H23N3O2.C9H8O2/c1-21-17-10-14(2-3-15(17)11-18)4-5-19-6-7-20-8-9-22-13-16(20)12-19;1-6-3-2-4-7-8(6)5-11-9(7)10/h2-3,10,16H,4-9,12-13H2,1H3;2-4H,5H2,1H3/t16-;/m0./s1. The minimum atomic E-state index is -0.191. The first-order chi connectivity index (χ1) is 16.1. The highest BCUT2D eigenvalue weighted by molar-refractivity contribution is 5.93. The number of aryl methyl sites for hydroxylation is 1. The van der Waals surface area contributed by atoms with Crippen molar-refractivity contribution in [2.45, 2.75) is 26.0 Å². The van der Waals surface area contributed by atoms with Crippen molar-refractivity contribution in [2.75, 3.05) is 53.0 Å². The minimum Gasteiger partial charge on any atom is -0.495 e. The average molecular weight is 450 g/mol. The highest BCUT2D eigenvalue weighted by Gasteiger charge is 2.29. The van der Waals surface area contributed by atoms with Gasteiger partial charge in [-0.25, -0.2) is 4.79 Å². The van der Waals surface area contributed by atoms with Crippen molar-refractivity contribution in [1.29, 1.82) is 5.26 Å². The number of fused-ring (bicyclic) bond motifs is 2. The number of nitrogens with zero attached hydrogens (tertiary/aromatic N) is 3. The number of methoxy groups -OCH3 is 1. The van der Waals surface area contributed by atoms with Crippen LogP contribution in [0.2, 0.25) is 0 Å². The lowest BCUT2D eigenvalue weighted by Gasteiger charge is -2.43. The molecule has 2 fully saturated rings. The van der Waals surface area contributed by atoms with Crippen LogP contribution in [0.15, 0.2) is 36.4 Å². The van der Waals surface area contributed by atoms with Crippen molar-refractivity contribution in [3.63, 3.8) is 0 Å². The predicted molar refractivity (Wildman–Crippen MR) is 124 cm³/mol. The van der Waals surface area contributed by atoms with Gasteiger partial charge in [-0.15, -0.1) is 0 Å². The SMILES string of the molecule is COc1cc(CCN2CCN3CCOC[C@@H]3C2)ccc1C#N.Cc1cccc2c1COC2=O. The number of cyclic esters (lactones) is 1. The third-order valence-electron chi connectivity index (χ3n) is 6.60. The molecule has 2 saturated heterocycles. The maximum absolute atomic E-state index is 11.0. The first-order valence-electron chi connectivity index (χ1n) is 11.5. The number of morpholine rings is 1. The number of esters is 1. The van der Waals surface area contributed by atoms with Crippen molar-refractivity contribution < 1.29 is 19.0 Å². The van der Waals surface area contributed by atoms with Gasteiger partial charge in [0.05, 0.1) is 31.5 Å². The van der Waals surface area contributed by atoms with Crippen LogP contribution >= 0.6 is 0 Å². The number of ether oxygens (including phenoxy) is 3. The summed E-state index contributed by atoms with van der Waals surface area (Å²) < 4.78 is 15.7. The number of carbonyl (C=O) groups excluding carboxylic acids is 1. The summed E-state index contributed by atoms with van der Waals surface area (Å²) in [6, 6.07) is 14.2. The van der Waals surface area contributed by atoms with Gasteiger partial charge in [0.2, 0.25) is 0 Å². The quantitative estimate of drug-likeness (QED) is 0.665. The summed E-state index contributed by atoms with van der Waals surface area (Å²) in [5.74, 6) is 0.481. The van der Waals surface area contributed by atoms with Crippen LogP contribution in [0.3, 0.4) is 0 Å². The van der Waals surface area contributed by atoms with Crippen LogP contribution in [0.1, 0.15) is 32.6 Å². The molecule has 0 N–H and O–H groups in total. The van der Waals surface area contributed by atoms with E-state index in [-0.39, 0.29) is 5.97 Å². The molecule has 5 rings (SSSR count). The lowest BCUT2D eigenvalue weighted by atomic mass is 10.1. The van der Waals surface area contributed by atoms with Gasteiger partial charge in [0.1, 0.15) is 18.4 Å². The second-order valence-electron chi connectivity index (χ2n) is 8.64. The fraction of sp³-hybridized carbons (Fsp3) is 0.462. The number of hydrogen-bond acceptors (Lipinski definition) is 7. The number of nitriles is 1. The Morgan fingerprint density at radius 1 is 1.21 bits per heavy atom. The Balaban J connectivity index is 0.000000196. The molecule has 174 valence electrons. The van der Waals surface area contributed by atoms with Crippen molar-refractivity contribution in [2.24, 2.45) is 0 Å². The molecule has 3 heterocycles. The van der Waals surface area contributed by atoms with Crippen LogP contribution in [0.4, 0.5) is 0 Å². The Bertz CT molecular complexity index is 1030. The van der Waals surface area contributed by atoms with Gasteiger partial charge >= 0.3 is 5.97 Å². The van der Waals surface area contributed by atoms with E-state index in [0.717, 1.165) is 69.0 Å². The molecule has 0 unspecified atom stereocenters. The van der Waals surface area contributed by atoms with Crippen LogP contribution in [0.5, 0.6) is 5.75 Å². The molecular weight excluding hydrogens is 418 g/mol. The number of piperazine rings is 1. The molecule has 0 amide bonds. The molecular formula is C26H31N3O4. The summed E-state index contributed by atoms with van der Waals surface area (Å²) in [6.45, 7) is 9.65. The van der Waals surface area contributed by atoms with E-state index in [4.69, 9.17) is 19.5 Å². The lowest BCUT2D eigenvalue weighted by molar-refractivity contribution is -0.0442. The fourth-order valence-corrected chi connectivity index (χ4v) is 4.59. The zero-order chi connectivity index (χ0) is 23.2. The predicted octanol–water partition coefficient (Wildman–Crippen LogP) is 2.79. The van der Waals surface area contributed by atoms with Gasteiger partial charge in [-0.2, -0.15) is 5.26 Å².